The summed E-state index contributed by atoms with van der Waals surface area (Å²) in [5.41, 5.74) is 6.67. The number of hydrogen-bond acceptors (Lipinski definition) is 7. The topological polar surface area (TPSA) is 171 Å². The molecule has 0 bridgehead atoms. The van der Waals surface area contributed by atoms with Crippen LogP contribution in [0.15, 0.2) is 87.4 Å². The number of furan rings is 1. The number of benzene rings is 2. The van der Waals surface area contributed by atoms with Gasteiger partial charge < -0.3 is 14.6 Å². The molecule has 0 saturated carbocycles. The zero-order valence-electron chi connectivity index (χ0n) is 19.6. The van der Waals surface area contributed by atoms with Crippen LogP contribution in [-0.4, -0.2) is 45.4 Å². The summed E-state index contributed by atoms with van der Waals surface area (Å²) in [7, 11) is 0. The van der Waals surface area contributed by atoms with Crippen molar-refractivity contribution in [2.45, 2.75) is 25.7 Å². The highest BCUT2D eigenvalue weighted by atomic mass is 16.4. The van der Waals surface area contributed by atoms with Crippen LogP contribution in [0.5, 0.6) is 0 Å². The van der Waals surface area contributed by atoms with Crippen LogP contribution in [0.25, 0.3) is 0 Å². The van der Waals surface area contributed by atoms with E-state index in [2.05, 4.69) is 21.1 Å². The van der Waals surface area contributed by atoms with Crippen molar-refractivity contribution in [1.82, 2.24) is 10.9 Å². The van der Waals surface area contributed by atoms with Crippen molar-refractivity contribution < 1.29 is 33.8 Å². The summed E-state index contributed by atoms with van der Waals surface area (Å²) in [6, 6.07) is 20.2. The summed E-state index contributed by atoms with van der Waals surface area (Å²) in [4.78, 5) is 47.0. The highest BCUT2D eigenvalue weighted by molar-refractivity contribution is 6.04. The number of carbonyl (C=O) groups excluding carboxylic acids is 2. The summed E-state index contributed by atoms with van der Waals surface area (Å²) >= 11 is 0. The molecule has 1 heterocycles. The van der Waals surface area contributed by atoms with Crippen molar-refractivity contribution in [2.24, 2.45) is 10.2 Å². The minimum atomic E-state index is -1.00. The molecule has 190 valence electrons. The van der Waals surface area contributed by atoms with E-state index in [-0.39, 0.29) is 37.2 Å². The Morgan fingerprint density at radius 3 is 1.32 bits per heavy atom. The molecule has 0 aliphatic carbocycles. The van der Waals surface area contributed by atoms with Gasteiger partial charge in [-0.15, -0.1) is 0 Å². The first-order chi connectivity index (χ1) is 17.8. The van der Waals surface area contributed by atoms with E-state index < -0.39 is 23.8 Å². The van der Waals surface area contributed by atoms with Gasteiger partial charge in [0, 0.05) is 12.8 Å². The van der Waals surface area contributed by atoms with E-state index in [0.717, 1.165) is 0 Å². The second-order valence-corrected chi connectivity index (χ2v) is 7.68. The van der Waals surface area contributed by atoms with E-state index in [1.807, 2.05) is 0 Å². The molecule has 3 rings (SSSR count). The van der Waals surface area contributed by atoms with Crippen molar-refractivity contribution in [3.05, 3.63) is 95.4 Å². The van der Waals surface area contributed by atoms with Gasteiger partial charge in [-0.25, -0.2) is 10.9 Å². The minimum absolute atomic E-state index is 0.0923. The van der Waals surface area contributed by atoms with E-state index in [0.29, 0.717) is 22.6 Å². The van der Waals surface area contributed by atoms with Gasteiger partial charge in [0.25, 0.3) is 0 Å². The van der Waals surface area contributed by atoms with Crippen LogP contribution >= 0.6 is 0 Å². The molecule has 0 spiro atoms. The summed E-state index contributed by atoms with van der Waals surface area (Å²) in [6.07, 6.45) is -0.163. The van der Waals surface area contributed by atoms with Crippen LogP contribution in [0, 0.1) is 0 Å². The Bertz CT molecular complexity index is 1210. The van der Waals surface area contributed by atoms with Crippen LogP contribution in [0.1, 0.15) is 57.9 Å². The zero-order chi connectivity index (χ0) is 26.6. The van der Waals surface area contributed by atoms with Gasteiger partial charge in [-0.05, 0) is 23.3 Å². The number of carboxylic acids is 2. The van der Waals surface area contributed by atoms with Crippen LogP contribution < -0.4 is 10.9 Å². The summed E-state index contributed by atoms with van der Waals surface area (Å²) < 4.78 is 5.33. The number of amides is 2. The number of rotatable bonds is 12. The molecule has 0 saturated heterocycles. The Morgan fingerprint density at radius 2 is 0.973 bits per heavy atom. The summed E-state index contributed by atoms with van der Waals surface area (Å²) in [5, 5.41) is 26.1. The Morgan fingerprint density at radius 1 is 0.595 bits per heavy atom. The van der Waals surface area contributed by atoms with E-state index in [9.17, 15) is 19.2 Å². The molecule has 0 fully saturated rings. The fourth-order valence-corrected chi connectivity index (χ4v) is 3.17. The first-order valence-electron chi connectivity index (χ1n) is 11.2. The third-order valence-corrected chi connectivity index (χ3v) is 5.00. The van der Waals surface area contributed by atoms with Crippen LogP contribution in [0.4, 0.5) is 0 Å². The van der Waals surface area contributed by atoms with Crippen molar-refractivity contribution in [2.75, 3.05) is 0 Å². The molecule has 2 aromatic carbocycles. The van der Waals surface area contributed by atoms with Crippen molar-refractivity contribution in [3.8, 4) is 0 Å². The minimum Gasteiger partial charge on any atom is -0.481 e. The standard InChI is InChI=1S/C26H24N4O7/c31-23(32)15-11-19(17-7-3-1-4-8-17)27-29-25(35)21-13-14-22(37-21)26(36)30-28-20(12-16-24(33)34)18-9-5-2-6-10-18/h1-10,13-14H,11-12,15-16H2,(H,29,35)(H,30,36)(H,31,32)(H,33,34). The molecule has 11 heteroatoms. The Kier molecular flexibility index (Phi) is 9.43. The smallest absolute Gasteiger partial charge is 0.307 e. The van der Waals surface area contributed by atoms with E-state index in [1.54, 1.807) is 60.7 Å². The average molecular weight is 504 g/mol. The molecule has 4 N–H and O–H groups in total. The number of hydrogen-bond donors (Lipinski definition) is 4. The normalized spacial score (nSPS) is 11.6. The lowest BCUT2D eigenvalue weighted by Gasteiger charge is -2.06. The summed E-state index contributed by atoms with van der Waals surface area (Å²) in [5.74, 6) is -3.87. The molecule has 0 atom stereocenters. The second-order valence-electron chi connectivity index (χ2n) is 7.68. The van der Waals surface area contributed by atoms with Gasteiger partial charge in [0.05, 0.1) is 24.3 Å². The lowest BCUT2D eigenvalue weighted by atomic mass is 10.1. The lowest BCUT2D eigenvalue weighted by Crippen LogP contribution is -2.21. The molecule has 0 radical (unpaired) electrons. The quantitative estimate of drug-likeness (QED) is 0.216. The average Bonchev–Trinajstić information content (AvgIpc) is 3.40. The number of carbonyl (C=O) groups is 4. The lowest BCUT2D eigenvalue weighted by molar-refractivity contribution is -0.137. The van der Waals surface area contributed by atoms with Crippen molar-refractivity contribution in [3.63, 3.8) is 0 Å². The van der Waals surface area contributed by atoms with E-state index in [1.165, 1.54) is 12.1 Å². The SMILES string of the molecule is O=C(O)CCC(=NNC(=O)c1ccc(C(=O)NN=C(CCC(=O)O)c2ccccc2)o1)c1ccccc1. The van der Waals surface area contributed by atoms with Crippen LogP contribution in [-0.2, 0) is 9.59 Å². The maximum Gasteiger partial charge on any atom is 0.307 e. The molecular weight excluding hydrogens is 480 g/mol. The zero-order valence-corrected chi connectivity index (χ0v) is 19.6. The van der Waals surface area contributed by atoms with Gasteiger partial charge in [-0.1, -0.05) is 60.7 Å². The largest absolute Gasteiger partial charge is 0.481 e. The number of nitrogens with one attached hydrogen (secondary N) is 2. The van der Waals surface area contributed by atoms with E-state index in [4.69, 9.17) is 14.6 Å². The summed E-state index contributed by atoms with van der Waals surface area (Å²) in [6.45, 7) is 0. The van der Waals surface area contributed by atoms with Gasteiger partial charge in [-0.2, -0.15) is 10.2 Å². The number of aliphatic carboxylic acids is 2. The maximum absolute atomic E-state index is 12.5. The van der Waals surface area contributed by atoms with Crippen molar-refractivity contribution in [1.29, 1.82) is 0 Å². The van der Waals surface area contributed by atoms with Gasteiger partial charge >= 0.3 is 23.8 Å². The predicted molar refractivity (Wildman–Crippen MR) is 133 cm³/mol. The van der Waals surface area contributed by atoms with Gasteiger partial charge in [0.1, 0.15) is 0 Å². The molecule has 2 amide bonds. The Hall–Kier alpha value is -5.06. The number of nitrogens with zero attached hydrogens (tertiary/aromatic N) is 2. The van der Waals surface area contributed by atoms with Gasteiger partial charge in [0.2, 0.25) is 0 Å². The Balaban J connectivity index is 1.69. The molecule has 0 aliphatic heterocycles. The fraction of sp³-hybridized carbons (Fsp3) is 0.154. The molecule has 3 aromatic rings. The number of hydrazone groups is 2. The molecule has 0 unspecified atom stereocenters. The first kappa shape index (κ1) is 26.5. The Labute approximate surface area is 211 Å². The maximum atomic E-state index is 12.5. The van der Waals surface area contributed by atoms with E-state index >= 15 is 0 Å². The van der Waals surface area contributed by atoms with Gasteiger partial charge in [0.15, 0.2) is 11.5 Å². The fourth-order valence-electron chi connectivity index (χ4n) is 3.17. The highest BCUT2D eigenvalue weighted by Crippen LogP contribution is 2.11. The third kappa shape index (κ3) is 8.28. The van der Waals surface area contributed by atoms with Gasteiger partial charge in [-0.3, -0.25) is 19.2 Å². The monoisotopic (exact) mass is 504 g/mol. The first-order valence-corrected chi connectivity index (χ1v) is 11.2. The highest BCUT2D eigenvalue weighted by Gasteiger charge is 2.17. The molecule has 37 heavy (non-hydrogen) atoms. The van der Waals surface area contributed by atoms with Crippen molar-refractivity contribution >= 4 is 35.2 Å². The third-order valence-electron chi connectivity index (χ3n) is 5.00. The second kappa shape index (κ2) is 13.1. The molecule has 11 nitrogen and oxygen atoms in total. The predicted octanol–water partition coefficient (Wildman–Crippen LogP) is 3.28. The van der Waals surface area contributed by atoms with Crippen LogP contribution in [0.3, 0.4) is 0 Å². The van der Waals surface area contributed by atoms with Crippen LogP contribution in [0.2, 0.25) is 0 Å². The molecular formula is C26H24N4O7. The number of carboxylic acid groups (broad SMARTS) is 2. The molecule has 0 aliphatic rings. The molecule has 1 aromatic heterocycles.